The molecule has 2 aromatic heterocycles. The molecule has 2 N–H and O–H groups in total. The molecular formula is C12H15F3N6. The highest BCUT2D eigenvalue weighted by atomic mass is 19.4. The first-order chi connectivity index (χ1) is 9.82. The molecule has 0 atom stereocenters. The van der Waals surface area contributed by atoms with Crippen LogP contribution in [0.15, 0.2) is 12.4 Å². The van der Waals surface area contributed by atoms with Crippen molar-refractivity contribution in [1.29, 1.82) is 0 Å². The van der Waals surface area contributed by atoms with Crippen LogP contribution in [0.4, 0.5) is 30.6 Å². The summed E-state index contributed by atoms with van der Waals surface area (Å²) in [5.74, 6) is -0.168. The number of anilines is 3. The summed E-state index contributed by atoms with van der Waals surface area (Å²) in [7, 11) is 1.76. The molecule has 2 heterocycles. The van der Waals surface area contributed by atoms with E-state index in [4.69, 9.17) is 0 Å². The predicted molar refractivity (Wildman–Crippen MR) is 72.4 cm³/mol. The van der Waals surface area contributed by atoms with Crippen LogP contribution >= 0.6 is 0 Å². The molecule has 21 heavy (non-hydrogen) atoms. The summed E-state index contributed by atoms with van der Waals surface area (Å²) in [6.07, 6.45) is -2.18. The second-order valence-corrected chi connectivity index (χ2v) is 4.38. The largest absolute Gasteiger partial charge is 0.421 e. The number of rotatable bonds is 4. The van der Waals surface area contributed by atoms with Crippen molar-refractivity contribution in [2.75, 3.05) is 17.2 Å². The van der Waals surface area contributed by atoms with Gasteiger partial charge in [-0.1, -0.05) is 0 Å². The summed E-state index contributed by atoms with van der Waals surface area (Å²) in [5.41, 5.74) is 0.570. The van der Waals surface area contributed by atoms with Crippen LogP contribution in [0.25, 0.3) is 0 Å². The molecule has 0 radical (unpaired) electrons. The summed E-state index contributed by atoms with van der Waals surface area (Å²) in [5, 5.41) is 9.49. The van der Waals surface area contributed by atoms with Crippen molar-refractivity contribution in [2.24, 2.45) is 7.05 Å². The van der Waals surface area contributed by atoms with Gasteiger partial charge in [-0.3, -0.25) is 4.68 Å². The van der Waals surface area contributed by atoms with E-state index in [0.29, 0.717) is 12.2 Å². The molecule has 2 rings (SSSR count). The SMILES string of the molecule is CCNc1nc(Nc2cnn(C)c2C)ncc1C(F)(F)F. The van der Waals surface area contributed by atoms with E-state index in [1.165, 1.54) is 0 Å². The highest BCUT2D eigenvalue weighted by molar-refractivity contribution is 5.57. The molecule has 2 aromatic rings. The third-order valence-electron chi connectivity index (χ3n) is 2.92. The molecule has 114 valence electrons. The summed E-state index contributed by atoms with van der Waals surface area (Å²) in [4.78, 5) is 7.60. The second kappa shape index (κ2) is 5.58. The monoisotopic (exact) mass is 300 g/mol. The molecule has 6 nitrogen and oxygen atoms in total. The molecule has 0 amide bonds. The predicted octanol–water partition coefficient (Wildman–Crippen LogP) is 2.71. The van der Waals surface area contributed by atoms with Crippen LogP contribution in [0.5, 0.6) is 0 Å². The Balaban J connectivity index is 2.34. The maximum absolute atomic E-state index is 12.8. The van der Waals surface area contributed by atoms with E-state index in [9.17, 15) is 13.2 Å². The Morgan fingerprint density at radius 3 is 2.52 bits per heavy atom. The van der Waals surface area contributed by atoms with E-state index in [0.717, 1.165) is 11.9 Å². The summed E-state index contributed by atoms with van der Waals surface area (Å²) in [6, 6.07) is 0. The first kappa shape index (κ1) is 15.1. The van der Waals surface area contributed by atoms with Gasteiger partial charge in [0.2, 0.25) is 5.95 Å². The van der Waals surface area contributed by atoms with Crippen molar-refractivity contribution >= 4 is 17.5 Å². The Labute approximate surface area is 119 Å². The molecule has 9 heteroatoms. The standard InChI is InChI=1S/C12H15F3N6/c1-4-16-10-8(12(13,14)15)5-17-11(20-10)19-9-6-18-21(3)7(9)2/h5-6H,4H2,1-3H3,(H2,16,17,19,20). The minimum absolute atomic E-state index is 0.0788. The maximum atomic E-state index is 12.8. The average Bonchev–Trinajstić information content (AvgIpc) is 2.70. The number of aryl methyl sites for hydroxylation is 1. The number of alkyl halides is 3. The first-order valence-corrected chi connectivity index (χ1v) is 6.26. The fourth-order valence-corrected chi connectivity index (χ4v) is 1.69. The van der Waals surface area contributed by atoms with Crippen LogP contribution < -0.4 is 10.6 Å². The normalized spacial score (nSPS) is 11.5. The lowest BCUT2D eigenvalue weighted by Gasteiger charge is -2.13. The highest BCUT2D eigenvalue weighted by Crippen LogP contribution is 2.34. The van der Waals surface area contributed by atoms with Gasteiger partial charge in [0.05, 0.1) is 17.6 Å². The first-order valence-electron chi connectivity index (χ1n) is 6.26. The maximum Gasteiger partial charge on any atom is 0.421 e. The van der Waals surface area contributed by atoms with Crippen molar-refractivity contribution in [3.63, 3.8) is 0 Å². The van der Waals surface area contributed by atoms with E-state index < -0.39 is 11.7 Å². The Kier molecular flexibility index (Phi) is 4.01. The van der Waals surface area contributed by atoms with Crippen LogP contribution in [-0.2, 0) is 13.2 Å². The van der Waals surface area contributed by atoms with E-state index in [1.807, 2.05) is 6.92 Å². The van der Waals surface area contributed by atoms with E-state index in [2.05, 4.69) is 25.7 Å². The lowest BCUT2D eigenvalue weighted by molar-refractivity contribution is -0.137. The quantitative estimate of drug-likeness (QED) is 0.908. The van der Waals surface area contributed by atoms with Gasteiger partial charge >= 0.3 is 6.18 Å². The minimum atomic E-state index is -4.50. The average molecular weight is 300 g/mol. The fourth-order valence-electron chi connectivity index (χ4n) is 1.69. The van der Waals surface area contributed by atoms with E-state index in [-0.39, 0.29) is 11.8 Å². The number of hydrogen-bond acceptors (Lipinski definition) is 5. The summed E-state index contributed by atoms with van der Waals surface area (Å²) >= 11 is 0. The fraction of sp³-hybridized carbons (Fsp3) is 0.417. The Morgan fingerprint density at radius 1 is 1.29 bits per heavy atom. The van der Waals surface area contributed by atoms with E-state index >= 15 is 0 Å². The van der Waals surface area contributed by atoms with Gasteiger partial charge in [-0.15, -0.1) is 0 Å². The van der Waals surface area contributed by atoms with Gasteiger partial charge in [-0.2, -0.15) is 23.3 Å². The van der Waals surface area contributed by atoms with Crippen LogP contribution in [-0.4, -0.2) is 26.3 Å². The van der Waals surface area contributed by atoms with E-state index in [1.54, 1.807) is 24.9 Å². The molecule has 0 saturated heterocycles. The number of halogens is 3. The topological polar surface area (TPSA) is 67.7 Å². The Bertz CT molecular complexity index is 634. The number of nitrogens with one attached hydrogen (secondary N) is 2. The van der Waals surface area contributed by atoms with Gasteiger partial charge in [0.25, 0.3) is 0 Å². The molecule has 0 unspecified atom stereocenters. The highest BCUT2D eigenvalue weighted by Gasteiger charge is 2.35. The van der Waals surface area contributed by atoms with Gasteiger partial charge in [-0.25, -0.2) is 4.98 Å². The number of aromatic nitrogens is 4. The van der Waals surface area contributed by atoms with Crippen LogP contribution in [0.1, 0.15) is 18.2 Å². The third kappa shape index (κ3) is 3.23. The molecule has 0 aliphatic heterocycles. The van der Waals surface area contributed by atoms with Crippen molar-refractivity contribution in [3.8, 4) is 0 Å². The van der Waals surface area contributed by atoms with Crippen LogP contribution in [0, 0.1) is 6.92 Å². The summed E-state index contributed by atoms with van der Waals surface area (Å²) < 4.78 is 40.2. The molecule has 0 aromatic carbocycles. The second-order valence-electron chi connectivity index (χ2n) is 4.38. The van der Waals surface area contributed by atoms with Gasteiger partial charge in [0, 0.05) is 19.8 Å². The van der Waals surface area contributed by atoms with Gasteiger partial charge in [0.1, 0.15) is 11.4 Å². The van der Waals surface area contributed by atoms with Crippen molar-refractivity contribution in [1.82, 2.24) is 19.7 Å². The molecule has 0 bridgehead atoms. The molecule has 0 aliphatic carbocycles. The van der Waals surface area contributed by atoms with Crippen molar-refractivity contribution in [2.45, 2.75) is 20.0 Å². The third-order valence-corrected chi connectivity index (χ3v) is 2.92. The lowest BCUT2D eigenvalue weighted by Crippen LogP contribution is -2.14. The van der Waals surface area contributed by atoms with Crippen LogP contribution in [0.3, 0.4) is 0 Å². The molecule has 0 saturated carbocycles. The van der Waals surface area contributed by atoms with Crippen molar-refractivity contribution in [3.05, 3.63) is 23.7 Å². The Morgan fingerprint density at radius 2 is 2.00 bits per heavy atom. The van der Waals surface area contributed by atoms with Gasteiger partial charge < -0.3 is 10.6 Å². The molecule has 0 fully saturated rings. The van der Waals surface area contributed by atoms with Gasteiger partial charge in [0.15, 0.2) is 0 Å². The number of hydrogen-bond donors (Lipinski definition) is 2. The molecule has 0 aliphatic rings. The van der Waals surface area contributed by atoms with Crippen molar-refractivity contribution < 1.29 is 13.2 Å². The molecule has 0 spiro atoms. The minimum Gasteiger partial charge on any atom is -0.370 e. The molecular weight excluding hydrogens is 285 g/mol. The number of nitrogens with zero attached hydrogens (tertiary/aromatic N) is 4. The zero-order chi connectivity index (χ0) is 15.6. The van der Waals surface area contributed by atoms with Crippen LogP contribution in [0.2, 0.25) is 0 Å². The lowest BCUT2D eigenvalue weighted by atomic mass is 10.3. The zero-order valence-corrected chi connectivity index (χ0v) is 11.8. The smallest absolute Gasteiger partial charge is 0.370 e. The summed E-state index contributed by atoms with van der Waals surface area (Å²) in [6.45, 7) is 3.84. The Hall–Kier alpha value is -2.32. The van der Waals surface area contributed by atoms with Gasteiger partial charge in [-0.05, 0) is 13.8 Å². The zero-order valence-electron chi connectivity index (χ0n) is 11.8.